The number of alkyl halides is 1. The van der Waals surface area contributed by atoms with Gasteiger partial charge in [0.05, 0.1) is 0 Å². The quantitative estimate of drug-likeness (QED) is 0.234. The van der Waals surface area contributed by atoms with Gasteiger partial charge in [-0.1, -0.05) is 112 Å². The number of hydrogen-bond donors (Lipinski definition) is 0. The van der Waals surface area contributed by atoms with E-state index in [1.54, 1.807) is 38.5 Å². The summed E-state index contributed by atoms with van der Waals surface area (Å²) in [6, 6.07) is 0. The molecule has 23 heavy (non-hydrogen) atoms. The Hall–Kier alpha value is 0.480. The summed E-state index contributed by atoms with van der Waals surface area (Å²) in [4.78, 5) is 0. The molecule has 2 saturated carbocycles. The molecule has 0 radical (unpaired) electrons. The summed E-state index contributed by atoms with van der Waals surface area (Å²) in [6.07, 6.45) is 27.2. The van der Waals surface area contributed by atoms with Gasteiger partial charge in [-0.15, -0.1) is 0 Å². The van der Waals surface area contributed by atoms with Crippen molar-refractivity contribution in [1.82, 2.24) is 0 Å². The summed E-state index contributed by atoms with van der Waals surface area (Å²) in [5, 5.41) is 1.19. The Balaban J connectivity index is 1.37. The Morgan fingerprint density at radius 3 is 1.78 bits per heavy atom. The summed E-state index contributed by atoms with van der Waals surface area (Å²) in [5.74, 6) is 3.37. The van der Waals surface area contributed by atoms with E-state index in [1.165, 1.54) is 82.4 Å². The lowest BCUT2D eigenvalue weighted by Gasteiger charge is -2.39. The molecular weight excluding hydrogens is 344 g/mol. The fourth-order valence-electron chi connectivity index (χ4n) is 5.17. The number of unbranched alkanes of at least 4 members (excludes halogenated alkanes) is 9. The van der Waals surface area contributed by atoms with E-state index in [1.807, 2.05) is 0 Å². The summed E-state index contributed by atoms with van der Waals surface area (Å²) in [6.45, 7) is 0. The maximum Gasteiger partial charge on any atom is 0.00313 e. The molecule has 2 aliphatic carbocycles. The van der Waals surface area contributed by atoms with Crippen molar-refractivity contribution < 1.29 is 0 Å². The highest BCUT2D eigenvalue weighted by Crippen LogP contribution is 2.43. The Morgan fingerprint density at radius 2 is 1.13 bits per heavy atom. The summed E-state index contributed by atoms with van der Waals surface area (Å²) < 4.78 is 0. The Bertz CT molecular complexity index is 275. The fourth-order valence-corrected chi connectivity index (χ4v) is 5.57. The van der Waals surface area contributed by atoms with Gasteiger partial charge in [0.2, 0.25) is 0 Å². The normalized spacial score (nSPS) is 27.8. The van der Waals surface area contributed by atoms with Crippen molar-refractivity contribution in [3.63, 3.8) is 0 Å². The van der Waals surface area contributed by atoms with Crippen LogP contribution >= 0.6 is 15.9 Å². The number of halogens is 1. The van der Waals surface area contributed by atoms with E-state index in [0.29, 0.717) is 0 Å². The van der Waals surface area contributed by atoms with Gasteiger partial charge in [-0.05, 0) is 37.0 Å². The second-order valence-electron chi connectivity index (χ2n) is 8.50. The van der Waals surface area contributed by atoms with Gasteiger partial charge in [-0.3, -0.25) is 0 Å². The predicted molar refractivity (Wildman–Crippen MR) is 107 cm³/mol. The van der Waals surface area contributed by atoms with Crippen LogP contribution in [0.1, 0.15) is 116 Å². The molecule has 0 aliphatic heterocycles. The largest absolute Gasteiger partial charge is 0.0928 e. The molecule has 0 heterocycles. The first-order valence-corrected chi connectivity index (χ1v) is 12.1. The van der Waals surface area contributed by atoms with Crippen LogP contribution < -0.4 is 0 Å². The molecule has 2 aliphatic rings. The minimum Gasteiger partial charge on any atom is -0.0928 e. The number of fused-ring (bicyclic) bond motifs is 1. The van der Waals surface area contributed by atoms with Crippen LogP contribution in [0.3, 0.4) is 0 Å². The molecule has 0 saturated heterocycles. The third-order valence-electron chi connectivity index (χ3n) is 6.64. The molecule has 1 heteroatoms. The van der Waals surface area contributed by atoms with E-state index in [-0.39, 0.29) is 0 Å². The highest BCUT2D eigenvalue weighted by Gasteiger charge is 2.31. The van der Waals surface area contributed by atoms with Crippen molar-refractivity contribution >= 4 is 15.9 Å². The molecule has 3 atom stereocenters. The van der Waals surface area contributed by atoms with Gasteiger partial charge in [0.1, 0.15) is 0 Å². The van der Waals surface area contributed by atoms with Gasteiger partial charge >= 0.3 is 0 Å². The molecule has 0 aromatic heterocycles. The highest BCUT2D eigenvalue weighted by molar-refractivity contribution is 9.09. The van der Waals surface area contributed by atoms with E-state index in [2.05, 4.69) is 15.9 Å². The molecule has 0 nitrogen and oxygen atoms in total. The van der Waals surface area contributed by atoms with Crippen molar-refractivity contribution in [3.8, 4) is 0 Å². The van der Waals surface area contributed by atoms with Crippen LogP contribution in [-0.2, 0) is 0 Å². The summed E-state index contributed by atoms with van der Waals surface area (Å²) >= 11 is 3.51. The minimum absolute atomic E-state index is 1.10. The minimum atomic E-state index is 1.10. The van der Waals surface area contributed by atoms with Crippen LogP contribution in [0.15, 0.2) is 0 Å². The van der Waals surface area contributed by atoms with E-state index in [9.17, 15) is 0 Å². The second-order valence-corrected chi connectivity index (χ2v) is 9.29. The zero-order valence-corrected chi connectivity index (χ0v) is 17.1. The van der Waals surface area contributed by atoms with Crippen LogP contribution in [0.4, 0.5) is 0 Å². The molecule has 0 N–H and O–H groups in total. The Kier molecular flexibility index (Phi) is 11.0. The topological polar surface area (TPSA) is 0 Å². The zero-order valence-electron chi connectivity index (χ0n) is 15.5. The fraction of sp³-hybridized carbons (Fsp3) is 1.00. The van der Waals surface area contributed by atoms with Gasteiger partial charge in [-0.25, -0.2) is 0 Å². The molecule has 3 unspecified atom stereocenters. The van der Waals surface area contributed by atoms with Gasteiger partial charge in [-0.2, -0.15) is 0 Å². The van der Waals surface area contributed by atoms with Crippen molar-refractivity contribution in [2.45, 2.75) is 116 Å². The van der Waals surface area contributed by atoms with Crippen LogP contribution in [0.2, 0.25) is 0 Å². The van der Waals surface area contributed by atoms with Crippen LogP contribution in [0, 0.1) is 17.8 Å². The van der Waals surface area contributed by atoms with Crippen molar-refractivity contribution in [1.29, 1.82) is 0 Å². The zero-order chi connectivity index (χ0) is 16.2. The number of hydrogen-bond acceptors (Lipinski definition) is 0. The summed E-state index contributed by atoms with van der Waals surface area (Å²) in [7, 11) is 0. The van der Waals surface area contributed by atoms with Gasteiger partial charge in [0.15, 0.2) is 0 Å². The third kappa shape index (κ3) is 8.41. The predicted octanol–water partition coefficient (Wildman–Crippen LogP) is 8.28. The molecular formula is C22H41Br. The van der Waals surface area contributed by atoms with Crippen LogP contribution in [-0.4, -0.2) is 5.33 Å². The van der Waals surface area contributed by atoms with Gasteiger partial charge < -0.3 is 0 Å². The van der Waals surface area contributed by atoms with E-state index < -0.39 is 0 Å². The standard InChI is InChI=1S/C22H41Br/c23-18-12-8-6-4-2-1-3-5-7-9-13-20-16-17-21-14-10-11-15-22(21)19-20/h20-22H,1-19H2. The summed E-state index contributed by atoms with van der Waals surface area (Å²) in [5.41, 5.74) is 0. The molecule has 0 bridgehead atoms. The lowest BCUT2D eigenvalue weighted by molar-refractivity contribution is 0.124. The lowest BCUT2D eigenvalue weighted by Crippen LogP contribution is -2.27. The second kappa shape index (κ2) is 12.8. The van der Waals surface area contributed by atoms with Gasteiger partial charge in [0, 0.05) is 5.33 Å². The maximum absolute atomic E-state index is 3.51. The Morgan fingerprint density at radius 1 is 0.565 bits per heavy atom. The first kappa shape index (κ1) is 19.8. The number of rotatable bonds is 12. The van der Waals surface area contributed by atoms with E-state index >= 15 is 0 Å². The average Bonchev–Trinajstić information content (AvgIpc) is 2.59. The first-order valence-electron chi connectivity index (χ1n) is 11.0. The monoisotopic (exact) mass is 384 g/mol. The van der Waals surface area contributed by atoms with E-state index in [4.69, 9.17) is 0 Å². The van der Waals surface area contributed by atoms with Crippen molar-refractivity contribution in [3.05, 3.63) is 0 Å². The third-order valence-corrected chi connectivity index (χ3v) is 7.21. The average molecular weight is 385 g/mol. The van der Waals surface area contributed by atoms with Crippen LogP contribution in [0.25, 0.3) is 0 Å². The molecule has 0 spiro atoms. The molecule has 0 aromatic rings. The molecule has 136 valence electrons. The van der Waals surface area contributed by atoms with Gasteiger partial charge in [0.25, 0.3) is 0 Å². The molecule has 2 rings (SSSR count). The maximum atomic E-state index is 3.51. The molecule has 0 amide bonds. The molecule has 0 aromatic carbocycles. The smallest absolute Gasteiger partial charge is 0.00313 e. The SMILES string of the molecule is BrCCCCCCCCCCCCC1CCC2CCCCC2C1. The lowest BCUT2D eigenvalue weighted by atomic mass is 9.67. The van der Waals surface area contributed by atoms with Crippen molar-refractivity contribution in [2.24, 2.45) is 17.8 Å². The first-order chi connectivity index (χ1) is 11.4. The molecule has 2 fully saturated rings. The van der Waals surface area contributed by atoms with Crippen LogP contribution in [0.5, 0.6) is 0 Å². The van der Waals surface area contributed by atoms with E-state index in [0.717, 1.165) is 17.8 Å². The highest BCUT2D eigenvalue weighted by atomic mass is 79.9. The Labute approximate surface area is 154 Å². The van der Waals surface area contributed by atoms with Crippen molar-refractivity contribution in [2.75, 3.05) is 5.33 Å².